The van der Waals surface area contributed by atoms with Crippen molar-refractivity contribution in [1.29, 1.82) is 0 Å². The Morgan fingerprint density at radius 2 is 2.20 bits per heavy atom. The second-order valence-electron chi connectivity index (χ2n) is 4.49. The lowest BCUT2D eigenvalue weighted by Gasteiger charge is -2.13. The molecule has 1 saturated heterocycles. The average molecular weight is 302 g/mol. The summed E-state index contributed by atoms with van der Waals surface area (Å²) in [6.45, 7) is 2.39. The molecule has 1 aliphatic heterocycles. The summed E-state index contributed by atoms with van der Waals surface area (Å²) in [5.41, 5.74) is -0.126. The van der Waals surface area contributed by atoms with Crippen molar-refractivity contribution in [2.24, 2.45) is 5.14 Å². The van der Waals surface area contributed by atoms with Gasteiger partial charge in [-0.15, -0.1) is 0 Å². The van der Waals surface area contributed by atoms with Crippen molar-refractivity contribution < 1.29 is 22.8 Å². The fraction of sp³-hybridized carbons (Fsp3) is 0.455. The van der Waals surface area contributed by atoms with Gasteiger partial charge in [-0.05, 0) is 18.6 Å². The lowest BCUT2D eigenvalue weighted by molar-refractivity contribution is -0.386. The molecule has 0 bridgehead atoms. The molecule has 1 aromatic rings. The van der Waals surface area contributed by atoms with Crippen LogP contribution in [0.5, 0.6) is 5.75 Å². The van der Waals surface area contributed by atoms with Crippen LogP contribution < -0.4 is 9.88 Å². The number of primary sulfonamides is 1. The summed E-state index contributed by atoms with van der Waals surface area (Å²) in [6, 6.07) is 2.24. The van der Waals surface area contributed by atoms with E-state index in [-0.39, 0.29) is 16.7 Å². The van der Waals surface area contributed by atoms with E-state index in [1.165, 1.54) is 13.0 Å². The number of benzene rings is 1. The van der Waals surface area contributed by atoms with E-state index in [0.29, 0.717) is 25.2 Å². The van der Waals surface area contributed by atoms with Crippen molar-refractivity contribution >= 4 is 15.7 Å². The molecular formula is C11H14N2O6S. The molecule has 8 nitrogen and oxygen atoms in total. The Bertz CT molecular complexity index is 637. The molecule has 110 valence electrons. The molecule has 1 aliphatic rings. The predicted octanol–water partition coefficient (Wildman–Crippen LogP) is 0.718. The molecule has 1 fully saturated rings. The Hall–Kier alpha value is -1.71. The van der Waals surface area contributed by atoms with Crippen LogP contribution in [0.2, 0.25) is 0 Å². The Morgan fingerprint density at radius 1 is 1.50 bits per heavy atom. The van der Waals surface area contributed by atoms with Gasteiger partial charge in [-0.2, -0.15) is 0 Å². The molecule has 0 radical (unpaired) electrons. The molecule has 2 N–H and O–H groups in total. The van der Waals surface area contributed by atoms with E-state index in [2.05, 4.69) is 0 Å². The molecule has 1 heterocycles. The van der Waals surface area contributed by atoms with Gasteiger partial charge in [0.05, 0.1) is 23.0 Å². The van der Waals surface area contributed by atoms with Gasteiger partial charge in [0.2, 0.25) is 10.0 Å². The first kappa shape index (κ1) is 14.7. The Kier molecular flexibility index (Phi) is 3.93. The zero-order valence-electron chi connectivity index (χ0n) is 10.7. The van der Waals surface area contributed by atoms with E-state index in [1.807, 2.05) is 0 Å². The minimum absolute atomic E-state index is 0.0235. The maximum absolute atomic E-state index is 11.4. The molecule has 20 heavy (non-hydrogen) atoms. The minimum atomic E-state index is -4.02. The number of hydrogen-bond acceptors (Lipinski definition) is 6. The van der Waals surface area contributed by atoms with E-state index in [0.717, 1.165) is 6.07 Å². The maximum Gasteiger partial charge on any atom is 0.312 e. The van der Waals surface area contributed by atoms with Crippen LogP contribution in [0.15, 0.2) is 17.0 Å². The van der Waals surface area contributed by atoms with Crippen molar-refractivity contribution in [3.8, 4) is 5.75 Å². The number of nitro groups is 1. The minimum Gasteiger partial charge on any atom is -0.481 e. The van der Waals surface area contributed by atoms with Gasteiger partial charge in [0.15, 0.2) is 5.75 Å². The zero-order valence-corrected chi connectivity index (χ0v) is 11.6. The summed E-state index contributed by atoms with van der Waals surface area (Å²) in [6.07, 6.45) is 0.362. The number of ether oxygens (including phenoxy) is 2. The van der Waals surface area contributed by atoms with Crippen molar-refractivity contribution in [2.75, 3.05) is 13.2 Å². The van der Waals surface area contributed by atoms with Crippen molar-refractivity contribution in [1.82, 2.24) is 0 Å². The zero-order chi connectivity index (χ0) is 14.9. The first-order valence-electron chi connectivity index (χ1n) is 5.85. The molecule has 0 aromatic heterocycles. The van der Waals surface area contributed by atoms with Crippen LogP contribution in [0.3, 0.4) is 0 Å². The van der Waals surface area contributed by atoms with E-state index in [9.17, 15) is 18.5 Å². The number of nitrogens with two attached hydrogens (primary N) is 1. The van der Waals surface area contributed by atoms with Crippen LogP contribution in [0.25, 0.3) is 0 Å². The van der Waals surface area contributed by atoms with Crippen LogP contribution in [0.1, 0.15) is 12.0 Å². The van der Waals surface area contributed by atoms with Crippen LogP contribution in [-0.2, 0) is 14.8 Å². The van der Waals surface area contributed by atoms with Gasteiger partial charge in [0.25, 0.3) is 0 Å². The van der Waals surface area contributed by atoms with E-state index in [4.69, 9.17) is 14.6 Å². The normalized spacial score (nSPS) is 19.0. The molecule has 0 saturated carbocycles. The highest BCUT2D eigenvalue weighted by atomic mass is 32.2. The summed E-state index contributed by atoms with van der Waals surface area (Å²) >= 11 is 0. The maximum atomic E-state index is 11.4. The highest BCUT2D eigenvalue weighted by Gasteiger charge is 2.26. The van der Waals surface area contributed by atoms with Crippen LogP contribution in [0, 0.1) is 17.0 Å². The van der Waals surface area contributed by atoms with E-state index < -0.39 is 20.6 Å². The van der Waals surface area contributed by atoms with Crippen molar-refractivity contribution in [3.63, 3.8) is 0 Å². The molecular weight excluding hydrogens is 288 g/mol. The summed E-state index contributed by atoms with van der Waals surface area (Å²) in [5.74, 6) is 0.0235. The summed E-state index contributed by atoms with van der Waals surface area (Å²) in [5, 5.41) is 16.1. The first-order chi connectivity index (χ1) is 9.29. The average Bonchev–Trinajstić information content (AvgIpc) is 2.79. The van der Waals surface area contributed by atoms with Gasteiger partial charge in [-0.3, -0.25) is 10.1 Å². The molecule has 0 amide bonds. The number of sulfonamides is 1. The first-order valence-corrected chi connectivity index (χ1v) is 7.40. The van der Waals surface area contributed by atoms with Crippen LogP contribution >= 0.6 is 0 Å². The third kappa shape index (κ3) is 3.06. The lowest BCUT2D eigenvalue weighted by Crippen LogP contribution is -2.18. The van der Waals surface area contributed by atoms with Crippen molar-refractivity contribution in [2.45, 2.75) is 24.3 Å². The largest absolute Gasteiger partial charge is 0.481 e. The second-order valence-corrected chi connectivity index (χ2v) is 6.02. The van der Waals surface area contributed by atoms with Gasteiger partial charge in [-0.1, -0.05) is 0 Å². The van der Waals surface area contributed by atoms with Crippen LogP contribution in [-0.4, -0.2) is 32.7 Å². The summed E-state index contributed by atoms with van der Waals surface area (Å²) in [7, 11) is -4.02. The lowest BCUT2D eigenvalue weighted by atomic mass is 10.2. The van der Waals surface area contributed by atoms with Gasteiger partial charge in [0.1, 0.15) is 6.10 Å². The van der Waals surface area contributed by atoms with Crippen molar-refractivity contribution in [3.05, 3.63) is 27.8 Å². The number of aryl methyl sites for hydroxylation is 1. The summed E-state index contributed by atoms with van der Waals surface area (Å²) in [4.78, 5) is 10.1. The predicted molar refractivity (Wildman–Crippen MR) is 69.1 cm³/mol. The molecule has 2 rings (SSSR count). The monoisotopic (exact) mass is 302 g/mol. The van der Waals surface area contributed by atoms with Gasteiger partial charge < -0.3 is 9.47 Å². The number of hydrogen-bond donors (Lipinski definition) is 1. The fourth-order valence-corrected chi connectivity index (χ4v) is 2.76. The fourth-order valence-electron chi connectivity index (χ4n) is 1.98. The molecule has 1 atom stereocenters. The third-order valence-electron chi connectivity index (χ3n) is 2.94. The third-order valence-corrected chi connectivity index (χ3v) is 3.99. The van der Waals surface area contributed by atoms with Gasteiger partial charge >= 0.3 is 5.69 Å². The number of nitrogens with zero attached hydrogens (tertiary/aromatic N) is 1. The molecule has 0 aliphatic carbocycles. The van der Waals surface area contributed by atoms with Gasteiger partial charge in [0, 0.05) is 12.5 Å². The second kappa shape index (κ2) is 5.35. The Morgan fingerprint density at radius 3 is 2.70 bits per heavy atom. The number of nitro benzene ring substituents is 1. The topological polar surface area (TPSA) is 122 Å². The van der Waals surface area contributed by atoms with E-state index in [1.54, 1.807) is 0 Å². The smallest absolute Gasteiger partial charge is 0.312 e. The molecule has 1 aromatic carbocycles. The summed E-state index contributed by atoms with van der Waals surface area (Å²) < 4.78 is 33.4. The molecule has 9 heteroatoms. The standard InChI is InChI=1S/C11H14N2O6S/c1-7-4-10(19-8-2-3-18-6-8)9(13(14)15)5-11(7)20(12,16)17/h4-5,8H,2-3,6H2,1H3,(H2,12,16,17). The highest BCUT2D eigenvalue weighted by Crippen LogP contribution is 2.33. The number of rotatable bonds is 4. The quantitative estimate of drug-likeness (QED) is 0.646. The van der Waals surface area contributed by atoms with E-state index >= 15 is 0 Å². The Balaban J connectivity index is 2.45. The SMILES string of the molecule is Cc1cc(OC2CCOC2)c([N+](=O)[O-])cc1S(N)(=O)=O. The highest BCUT2D eigenvalue weighted by molar-refractivity contribution is 7.89. The van der Waals surface area contributed by atoms with Crippen LogP contribution in [0.4, 0.5) is 5.69 Å². The Labute approximate surface area is 115 Å². The molecule has 1 unspecified atom stereocenters. The molecule has 0 spiro atoms. The van der Waals surface area contributed by atoms with Gasteiger partial charge in [-0.25, -0.2) is 13.6 Å².